The highest BCUT2D eigenvalue weighted by Gasteiger charge is 2.35. The molecule has 1 amide bonds. The fraction of sp³-hybridized carbons (Fsp3) is 0.667. The van der Waals surface area contributed by atoms with Gasteiger partial charge in [-0.05, 0) is 49.8 Å². The molecule has 0 unspecified atom stereocenters. The standard InChI is InChI=1S/C21H32ClN3O/c1-15-11-16(2)14-25(13-15)21(26)18(4)23-7-9-24(10-8-23)20-12-19(22)6-5-17(20)3/h5-6,12,15-16,18H,7-11,13-14H2,1-4H3/p+1/t15-,16+,18-/m0/s1. The van der Waals surface area contributed by atoms with E-state index in [2.05, 4.69) is 49.6 Å². The zero-order valence-corrected chi connectivity index (χ0v) is 17.4. The molecule has 2 aliphatic rings. The second-order valence-electron chi connectivity index (χ2n) is 8.49. The largest absolute Gasteiger partial charge is 0.360 e. The van der Waals surface area contributed by atoms with Gasteiger partial charge in [-0.25, -0.2) is 0 Å². The van der Waals surface area contributed by atoms with E-state index in [-0.39, 0.29) is 6.04 Å². The molecule has 2 heterocycles. The number of hydrogen-bond acceptors (Lipinski definition) is 2. The summed E-state index contributed by atoms with van der Waals surface area (Å²) in [5, 5.41) is 0.789. The van der Waals surface area contributed by atoms with E-state index in [4.69, 9.17) is 11.6 Å². The molecule has 1 N–H and O–H groups in total. The Bertz CT molecular complexity index is 632. The zero-order valence-electron chi connectivity index (χ0n) is 16.6. The number of anilines is 1. The van der Waals surface area contributed by atoms with Crippen molar-refractivity contribution in [1.29, 1.82) is 0 Å². The van der Waals surface area contributed by atoms with Crippen LogP contribution in [0.15, 0.2) is 18.2 Å². The molecule has 4 nitrogen and oxygen atoms in total. The summed E-state index contributed by atoms with van der Waals surface area (Å²) in [5.41, 5.74) is 2.49. The van der Waals surface area contributed by atoms with Crippen LogP contribution in [0.4, 0.5) is 5.69 Å². The molecule has 3 atom stereocenters. The number of carbonyl (C=O) groups is 1. The molecule has 0 radical (unpaired) electrons. The Hall–Kier alpha value is -1.26. The highest BCUT2D eigenvalue weighted by atomic mass is 35.5. The monoisotopic (exact) mass is 378 g/mol. The fourth-order valence-corrected chi connectivity index (χ4v) is 4.85. The van der Waals surface area contributed by atoms with Gasteiger partial charge in [0.15, 0.2) is 6.04 Å². The van der Waals surface area contributed by atoms with Crippen molar-refractivity contribution in [2.24, 2.45) is 11.8 Å². The first-order valence-corrected chi connectivity index (χ1v) is 10.4. The van der Waals surface area contributed by atoms with Crippen molar-refractivity contribution in [2.45, 2.75) is 40.2 Å². The lowest BCUT2D eigenvalue weighted by Gasteiger charge is -2.40. The Kier molecular flexibility index (Phi) is 6.13. The highest BCUT2D eigenvalue weighted by Crippen LogP contribution is 2.24. The number of rotatable bonds is 3. The van der Waals surface area contributed by atoms with E-state index < -0.39 is 0 Å². The molecule has 2 saturated heterocycles. The summed E-state index contributed by atoms with van der Waals surface area (Å²) in [6.07, 6.45) is 1.24. The van der Waals surface area contributed by atoms with Crippen molar-refractivity contribution in [3.05, 3.63) is 28.8 Å². The second kappa shape index (κ2) is 8.18. The quantitative estimate of drug-likeness (QED) is 0.873. The van der Waals surface area contributed by atoms with Crippen LogP contribution < -0.4 is 9.80 Å². The smallest absolute Gasteiger partial charge is 0.280 e. The molecule has 2 fully saturated rings. The number of carbonyl (C=O) groups excluding carboxylic acids is 1. The Morgan fingerprint density at radius 1 is 1.19 bits per heavy atom. The fourth-order valence-electron chi connectivity index (χ4n) is 4.68. The van der Waals surface area contributed by atoms with Crippen LogP contribution in [0.1, 0.15) is 32.8 Å². The van der Waals surface area contributed by atoms with Gasteiger partial charge in [0.05, 0.1) is 26.2 Å². The van der Waals surface area contributed by atoms with Crippen LogP contribution in [0.3, 0.4) is 0 Å². The van der Waals surface area contributed by atoms with Gasteiger partial charge < -0.3 is 14.7 Å². The minimum absolute atomic E-state index is 0.0510. The number of quaternary nitrogens is 1. The predicted octanol–water partition coefficient (Wildman–Crippen LogP) is 2.25. The molecule has 0 aromatic heterocycles. The first kappa shape index (κ1) is 19.5. The molecule has 2 aliphatic heterocycles. The summed E-state index contributed by atoms with van der Waals surface area (Å²) >= 11 is 6.18. The number of likely N-dealkylation sites (tertiary alicyclic amines) is 1. The number of halogens is 1. The van der Waals surface area contributed by atoms with Gasteiger partial charge in [0, 0.05) is 23.8 Å². The number of piperidine rings is 1. The second-order valence-corrected chi connectivity index (χ2v) is 8.92. The zero-order chi connectivity index (χ0) is 18.8. The molecule has 3 rings (SSSR count). The highest BCUT2D eigenvalue weighted by molar-refractivity contribution is 6.30. The van der Waals surface area contributed by atoms with Crippen LogP contribution in [0.5, 0.6) is 0 Å². The van der Waals surface area contributed by atoms with E-state index in [1.165, 1.54) is 22.6 Å². The molecular formula is C21H33ClN3O+. The van der Waals surface area contributed by atoms with E-state index in [9.17, 15) is 4.79 Å². The summed E-state index contributed by atoms with van der Waals surface area (Å²) in [5.74, 6) is 1.57. The van der Waals surface area contributed by atoms with Crippen molar-refractivity contribution in [3.63, 3.8) is 0 Å². The topological polar surface area (TPSA) is 28.0 Å². The van der Waals surface area contributed by atoms with Gasteiger partial charge in [-0.2, -0.15) is 0 Å². The molecule has 0 spiro atoms. The average molecular weight is 379 g/mol. The van der Waals surface area contributed by atoms with Gasteiger partial charge in [0.25, 0.3) is 5.91 Å². The van der Waals surface area contributed by atoms with Crippen LogP contribution in [0.25, 0.3) is 0 Å². The van der Waals surface area contributed by atoms with E-state index >= 15 is 0 Å². The van der Waals surface area contributed by atoms with Crippen molar-refractivity contribution >= 4 is 23.2 Å². The minimum atomic E-state index is 0.0510. The summed E-state index contributed by atoms with van der Waals surface area (Å²) in [7, 11) is 0. The summed E-state index contributed by atoms with van der Waals surface area (Å²) in [6.45, 7) is 14.6. The van der Waals surface area contributed by atoms with Crippen LogP contribution in [0, 0.1) is 18.8 Å². The number of piperazine rings is 1. The number of amides is 1. The maximum atomic E-state index is 13.0. The molecular weight excluding hydrogens is 346 g/mol. The minimum Gasteiger partial charge on any atom is -0.360 e. The maximum absolute atomic E-state index is 13.0. The molecule has 0 aliphatic carbocycles. The Labute approximate surface area is 163 Å². The van der Waals surface area contributed by atoms with E-state index in [1.807, 2.05) is 6.07 Å². The van der Waals surface area contributed by atoms with E-state index in [0.29, 0.717) is 17.7 Å². The molecule has 0 bridgehead atoms. The number of benzene rings is 1. The number of nitrogens with one attached hydrogen (secondary N) is 1. The lowest BCUT2D eigenvalue weighted by Crippen LogP contribution is -3.19. The molecule has 1 aromatic carbocycles. The lowest BCUT2D eigenvalue weighted by molar-refractivity contribution is -0.915. The normalized spacial score (nSPS) is 26.0. The molecule has 26 heavy (non-hydrogen) atoms. The Morgan fingerprint density at radius 3 is 2.42 bits per heavy atom. The van der Waals surface area contributed by atoms with Crippen LogP contribution >= 0.6 is 11.6 Å². The van der Waals surface area contributed by atoms with E-state index in [1.54, 1.807) is 0 Å². The summed E-state index contributed by atoms with van der Waals surface area (Å²) in [4.78, 5) is 19.0. The van der Waals surface area contributed by atoms with Gasteiger partial charge in [0.2, 0.25) is 0 Å². The SMILES string of the molecule is Cc1ccc(Cl)cc1N1CC[NH+]([C@@H](C)C(=O)N2C[C@H](C)C[C@H](C)C2)CC1. The number of nitrogens with zero attached hydrogens (tertiary/aromatic N) is 2. The number of aryl methyl sites for hydroxylation is 1. The molecule has 5 heteroatoms. The van der Waals surface area contributed by atoms with Gasteiger partial charge in [-0.1, -0.05) is 31.5 Å². The summed E-state index contributed by atoms with van der Waals surface area (Å²) < 4.78 is 0. The third-order valence-electron chi connectivity index (χ3n) is 6.08. The van der Waals surface area contributed by atoms with Crippen molar-refractivity contribution < 1.29 is 9.69 Å². The van der Waals surface area contributed by atoms with Crippen LogP contribution in [-0.2, 0) is 4.79 Å². The third kappa shape index (κ3) is 4.34. The Morgan fingerprint density at radius 2 is 1.81 bits per heavy atom. The first-order valence-electron chi connectivity index (χ1n) is 9.99. The molecule has 144 valence electrons. The molecule has 0 saturated carbocycles. The summed E-state index contributed by atoms with van der Waals surface area (Å²) in [6, 6.07) is 6.15. The Balaban J connectivity index is 1.58. The van der Waals surface area contributed by atoms with Crippen molar-refractivity contribution in [1.82, 2.24) is 4.90 Å². The first-order chi connectivity index (χ1) is 12.3. The molecule has 1 aromatic rings. The van der Waals surface area contributed by atoms with Gasteiger partial charge in [-0.3, -0.25) is 4.79 Å². The van der Waals surface area contributed by atoms with Crippen molar-refractivity contribution in [2.75, 3.05) is 44.2 Å². The third-order valence-corrected chi connectivity index (χ3v) is 6.32. The van der Waals surface area contributed by atoms with Gasteiger partial charge >= 0.3 is 0 Å². The van der Waals surface area contributed by atoms with Crippen molar-refractivity contribution in [3.8, 4) is 0 Å². The van der Waals surface area contributed by atoms with Crippen LogP contribution in [0.2, 0.25) is 5.02 Å². The van der Waals surface area contributed by atoms with Gasteiger partial charge in [0.1, 0.15) is 0 Å². The number of hydrogen-bond donors (Lipinski definition) is 1. The average Bonchev–Trinajstić information content (AvgIpc) is 2.62. The van der Waals surface area contributed by atoms with Crippen LogP contribution in [-0.4, -0.2) is 56.1 Å². The lowest BCUT2D eigenvalue weighted by atomic mass is 9.91. The maximum Gasteiger partial charge on any atom is 0.280 e. The van der Waals surface area contributed by atoms with Gasteiger partial charge in [-0.15, -0.1) is 0 Å². The predicted molar refractivity (Wildman–Crippen MR) is 108 cm³/mol. The van der Waals surface area contributed by atoms with E-state index in [0.717, 1.165) is 44.3 Å².